The van der Waals surface area contributed by atoms with Crippen LogP contribution in [0.5, 0.6) is 0 Å². The molecule has 0 spiro atoms. The van der Waals surface area contributed by atoms with Crippen molar-refractivity contribution in [3.63, 3.8) is 0 Å². The van der Waals surface area contributed by atoms with Crippen LogP contribution in [0.3, 0.4) is 0 Å². The first-order valence-electron chi connectivity index (χ1n) is 4.95. The highest BCUT2D eigenvalue weighted by molar-refractivity contribution is 7.89. The van der Waals surface area contributed by atoms with Crippen LogP contribution < -0.4 is 10.9 Å². The normalized spacial score (nSPS) is 11.6. The lowest BCUT2D eigenvalue weighted by molar-refractivity contribution is -0.368. The Kier molecular flexibility index (Phi) is 4.26. The summed E-state index contributed by atoms with van der Waals surface area (Å²) in [6, 6.07) is 6.87. The second-order valence-electron chi connectivity index (χ2n) is 3.46. The van der Waals surface area contributed by atoms with Gasteiger partial charge in [0.15, 0.2) is 0 Å². The summed E-state index contributed by atoms with van der Waals surface area (Å²) in [7, 11) is -3.59. The first-order chi connectivity index (χ1) is 7.05. The van der Waals surface area contributed by atoms with E-state index in [1.807, 2.05) is 12.1 Å². The SMILES string of the molecule is NS(=O)(=O)c1ccccc1CCCC[NH3+]. The van der Waals surface area contributed by atoms with E-state index in [1.54, 1.807) is 12.1 Å². The van der Waals surface area contributed by atoms with E-state index in [0.29, 0.717) is 0 Å². The van der Waals surface area contributed by atoms with Crippen LogP contribution >= 0.6 is 0 Å². The Morgan fingerprint density at radius 3 is 2.47 bits per heavy atom. The number of nitrogens with two attached hydrogens (primary N) is 1. The van der Waals surface area contributed by atoms with E-state index in [2.05, 4.69) is 5.73 Å². The van der Waals surface area contributed by atoms with Gasteiger partial charge in [-0.15, -0.1) is 0 Å². The molecule has 0 bridgehead atoms. The van der Waals surface area contributed by atoms with E-state index >= 15 is 0 Å². The van der Waals surface area contributed by atoms with Crippen LogP contribution in [0.2, 0.25) is 0 Å². The quantitative estimate of drug-likeness (QED) is 0.690. The van der Waals surface area contributed by atoms with E-state index < -0.39 is 10.0 Å². The third-order valence-corrected chi connectivity index (χ3v) is 3.24. The largest absolute Gasteiger partial charge is 0.358 e. The molecule has 0 unspecified atom stereocenters. The molecule has 0 heterocycles. The Bertz CT molecular complexity index is 415. The molecule has 0 amide bonds. The average molecular weight is 229 g/mol. The van der Waals surface area contributed by atoms with Gasteiger partial charge in [-0.05, 0) is 30.9 Å². The summed E-state index contributed by atoms with van der Waals surface area (Å²) in [5.74, 6) is 0. The number of sulfonamides is 1. The third-order valence-electron chi connectivity index (χ3n) is 2.23. The predicted molar refractivity (Wildman–Crippen MR) is 58.5 cm³/mol. The molecule has 0 radical (unpaired) electrons. The highest BCUT2D eigenvalue weighted by atomic mass is 32.2. The summed E-state index contributed by atoms with van der Waals surface area (Å²) in [5, 5.41) is 5.12. The van der Waals surface area contributed by atoms with Crippen molar-refractivity contribution in [3.8, 4) is 0 Å². The number of unbranched alkanes of at least 4 members (excludes halogenated alkanes) is 1. The van der Waals surface area contributed by atoms with E-state index in [1.165, 1.54) is 0 Å². The summed E-state index contributed by atoms with van der Waals surface area (Å²) >= 11 is 0. The van der Waals surface area contributed by atoms with Gasteiger partial charge in [-0.3, -0.25) is 0 Å². The zero-order chi connectivity index (χ0) is 11.3. The van der Waals surface area contributed by atoms with Gasteiger partial charge in [0.25, 0.3) is 0 Å². The molecule has 1 aromatic rings. The molecule has 0 aromatic heterocycles. The minimum atomic E-state index is -3.59. The second-order valence-corrected chi connectivity index (χ2v) is 4.99. The Balaban J connectivity index is 2.88. The van der Waals surface area contributed by atoms with Crippen molar-refractivity contribution in [1.82, 2.24) is 0 Å². The summed E-state index contributed by atoms with van der Waals surface area (Å²) in [5.41, 5.74) is 4.54. The Morgan fingerprint density at radius 2 is 1.87 bits per heavy atom. The standard InChI is InChI=1S/C10H16N2O2S/c11-8-4-3-6-9-5-1-2-7-10(9)15(12,13)14/h1-2,5,7H,3-4,6,8,11H2,(H2,12,13,14)/p+1. The maximum absolute atomic E-state index is 11.3. The molecule has 1 rings (SSSR count). The van der Waals surface area contributed by atoms with E-state index in [0.717, 1.165) is 31.4 Å². The first-order valence-corrected chi connectivity index (χ1v) is 6.50. The topological polar surface area (TPSA) is 87.8 Å². The average Bonchev–Trinajstić information content (AvgIpc) is 2.17. The van der Waals surface area contributed by atoms with Crippen molar-refractivity contribution in [2.75, 3.05) is 6.54 Å². The van der Waals surface area contributed by atoms with Gasteiger partial charge in [0.2, 0.25) is 10.0 Å². The fraction of sp³-hybridized carbons (Fsp3) is 0.400. The Hall–Kier alpha value is -0.910. The van der Waals surface area contributed by atoms with Crippen LogP contribution in [-0.4, -0.2) is 15.0 Å². The molecular weight excluding hydrogens is 212 g/mol. The molecule has 0 aliphatic carbocycles. The molecule has 84 valence electrons. The van der Waals surface area contributed by atoms with Crippen LogP contribution in [0.1, 0.15) is 18.4 Å². The summed E-state index contributed by atoms with van der Waals surface area (Å²) in [6.07, 6.45) is 2.68. The van der Waals surface area contributed by atoms with Gasteiger partial charge in [-0.2, -0.15) is 0 Å². The van der Waals surface area contributed by atoms with Gasteiger partial charge in [-0.25, -0.2) is 13.6 Å². The number of quaternary nitrogens is 1. The van der Waals surface area contributed by atoms with Crippen molar-refractivity contribution >= 4 is 10.0 Å². The van der Waals surface area contributed by atoms with Crippen LogP contribution in [0.4, 0.5) is 0 Å². The maximum Gasteiger partial charge on any atom is 0.238 e. The minimum Gasteiger partial charge on any atom is -0.358 e. The molecule has 1 aromatic carbocycles. The molecule has 15 heavy (non-hydrogen) atoms. The molecule has 0 aliphatic rings. The lowest BCUT2D eigenvalue weighted by atomic mass is 10.1. The highest BCUT2D eigenvalue weighted by Crippen LogP contribution is 2.15. The smallest absolute Gasteiger partial charge is 0.238 e. The van der Waals surface area contributed by atoms with E-state index in [4.69, 9.17) is 5.14 Å². The van der Waals surface area contributed by atoms with E-state index in [9.17, 15) is 8.42 Å². The van der Waals surface area contributed by atoms with Crippen molar-refractivity contribution < 1.29 is 14.2 Å². The zero-order valence-corrected chi connectivity index (χ0v) is 9.46. The fourth-order valence-electron chi connectivity index (χ4n) is 1.48. The van der Waals surface area contributed by atoms with E-state index in [-0.39, 0.29) is 4.90 Å². The number of hydrogen-bond donors (Lipinski definition) is 2. The van der Waals surface area contributed by atoms with Gasteiger partial charge in [-0.1, -0.05) is 18.2 Å². The second kappa shape index (κ2) is 5.25. The van der Waals surface area contributed by atoms with Crippen molar-refractivity contribution in [3.05, 3.63) is 29.8 Å². The molecule has 0 saturated carbocycles. The molecule has 0 atom stereocenters. The van der Waals surface area contributed by atoms with Gasteiger partial charge < -0.3 is 5.73 Å². The monoisotopic (exact) mass is 229 g/mol. The number of primary sulfonamides is 1. The minimum absolute atomic E-state index is 0.245. The molecular formula is C10H17N2O2S+. The molecule has 0 aliphatic heterocycles. The Morgan fingerprint density at radius 1 is 1.20 bits per heavy atom. The molecule has 4 nitrogen and oxygen atoms in total. The number of hydrogen-bond acceptors (Lipinski definition) is 2. The van der Waals surface area contributed by atoms with Crippen molar-refractivity contribution in [2.24, 2.45) is 5.14 Å². The van der Waals surface area contributed by atoms with Crippen LogP contribution in [-0.2, 0) is 16.4 Å². The van der Waals surface area contributed by atoms with Gasteiger partial charge >= 0.3 is 0 Å². The first kappa shape index (κ1) is 12.2. The predicted octanol–water partition coefficient (Wildman–Crippen LogP) is -0.101. The number of rotatable bonds is 5. The van der Waals surface area contributed by atoms with Crippen molar-refractivity contribution in [1.29, 1.82) is 0 Å². The fourth-order valence-corrected chi connectivity index (χ4v) is 2.28. The van der Waals surface area contributed by atoms with Crippen LogP contribution in [0, 0.1) is 0 Å². The summed E-state index contributed by atoms with van der Waals surface area (Å²) < 4.78 is 22.5. The van der Waals surface area contributed by atoms with Crippen LogP contribution in [0.15, 0.2) is 29.2 Å². The molecule has 5 heteroatoms. The molecule has 5 N–H and O–H groups in total. The highest BCUT2D eigenvalue weighted by Gasteiger charge is 2.12. The van der Waals surface area contributed by atoms with Gasteiger partial charge in [0.1, 0.15) is 0 Å². The van der Waals surface area contributed by atoms with Gasteiger partial charge in [0, 0.05) is 0 Å². The molecule has 0 saturated heterocycles. The number of aryl methyl sites for hydroxylation is 1. The summed E-state index contributed by atoms with van der Waals surface area (Å²) in [4.78, 5) is 0.245. The molecule has 0 fully saturated rings. The maximum atomic E-state index is 11.3. The van der Waals surface area contributed by atoms with Crippen LogP contribution in [0.25, 0.3) is 0 Å². The van der Waals surface area contributed by atoms with Gasteiger partial charge in [0.05, 0.1) is 11.4 Å². The number of benzene rings is 1. The third kappa shape index (κ3) is 3.62. The Labute approximate surface area is 90.3 Å². The lowest BCUT2D eigenvalue weighted by Gasteiger charge is -2.06. The zero-order valence-electron chi connectivity index (χ0n) is 8.65. The summed E-state index contributed by atoms with van der Waals surface area (Å²) in [6.45, 7) is 0.873. The van der Waals surface area contributed by atoms with Crippen molar-refractivity contribution in [2.45, 2.75) is 24.2 Å². The lowest BCUT2D eigenvalue weighted by Crippen LogP contribution is -2.50.